The summed E-state index contributed by atoms with van der Waals surface area (Å²) in [6.45, 7) is -0.191. The fourth-order valence-corrected chi connectivity index (χ4v) is 3.18. The molecule has 0 aromatic heterocycles. The van der Waals surface area contributed by atoms with Crippen molar-refractivity contribution < 1.29 is 37.3 Å². The molecule has 3 aromatic rings. The number of ether oxygens (including phenoxy) is 4. The number of carbonyl (C=O) groups is 2. The highest BCUT2D eigenvalue weighted by atomic mass is 19.3. The van der Waals surface area contributed by atoms with Gasteiger partial charge in [-0.2, -0.15) is 14.0 Å². The van der Waals surface area contributed by atoms with Crippen molar-refractivity contribution in [1.82, 2.24) is 0 Å². The summed E-state index contributed by atoms with van der Waals surface area (Å²) in [7, 11) is 0. The van der Waals surface area contributed by atoms with Crippen LogP contribution < -0.4 is 20.9 Å². The lowest BCUT2D eigenvalue weighted by atomic mass is 10.2. The minimum atomic E-state index is -3.60. The van der Waals surface area contributed by atoms with E-state index >= 15 is 0 Å². The van der Waals surface area contributed by atoms with E-state index in [4.69, 9.17) is 35.7 Å². The number of nitrogen functional groups attached to an aromatic ring is 2. The molecule has 4 N–H and O–H groups in total. The monoisotopic (exact) mass is 537 g/mol. The van der Waals surface area contributed by atoms with E-state index < -0.39 is 18.0 Å². The topological polar surface area (TPSA) is 147 Å². The summed E-state index contributed by atoms with van der Waals surface area (Å²) in [4.78, 5) is 23.9. The van der Waals surface area contributed by atoms with Crippen molar-refractivity contribution in [3.8, 4) is 17.6 Å². The van der Waals surface area contributed by atoms with Gasteiger partial charge in [-0.25, -0.2) is 9.59 Å². The molecule has 0 radical (unpaired) electrons. The van der Waals surface area contributed by atoms with Gasteiger partial charge in [-0.1, -0.05) is 12.1 Å². The van der Waals surface area contributed by atoms with E-state index in [2.05, 4.69) is 0 Å². The lowest BCUT2D eigenvalue weighted by Gasteiger charge is -2.18. The number of carbonyl (C=O) groups excluding carboxylic acids is 2. The second-order valence-corrected chi connectivity index (χ2v) is 7.99. The van der Waals surface area contributed by atoms with Crippen molar-refractivity contribution in [3.05, 3.63) is 89.5 Å². The van der Waals surface area contributed by atoms with Crippen molar-refractivity contribution in [3.63, 3.8) is 0 Å². The SMILES string of the molecule is N#CCCOc1ccc(C(F)(F)Oc2ccc(/C=C/C(=O)OCCOC(=O)c3cc(N)cc(N)c3)cc2)cc1. The average Bonchev–Trinajstić information content (AvgIpc) is 2.90. The van der Waals surface area contributed by atoms with E-state index in [9.17, 15) is 18.4 Å². The number of rotatable bonds is 12. The summed E-state index contributed by atoms with van der Waals surface area (Å²) in [5.74, 6) is -1.07. The van der Waals surface area contributed by atoms with Crippen LogP contribution in [0, 0.1) is 11.3 Å². The van der Waals surface area contributed by atoms with Crippen LogP contribution in [0.1, 0.15) is 27.9 Å². The molecule has 11 heteroatoms. The third kappa shape index (κ3) is 9.05. The number of esters is 2. The Morgan fingerprint density at radius 2 is 1.49 bits per heavy atom. The largest absolute Gasteiger partial charge is 0.493 e. The van der Waals surface area contributed by atoms with E-state index in [1.54, 1.807) is 0 Å². The van der Waals surface area contributed by atoms with E-state index in [0.717, 1.165) is 6.08 Å². The van der Waals surface area contributed by atoms with Crippen molar-refractivity contribution in [1.29, 1.82) is 5.26 Å². The Hall–Kier alpha value is -5.11. The molecule has 0 aliphatic rings. The smallest absolute Gasteiger partial charge is 0.426 e. The minimum Gasteiger partial charge on any atom is -0.493 e. The summed E-state index contributed by atoms with van der Waals surface area (Å²) in [6.07, 6.45) is -0.843. The van der Waals surface area contributed by atoms with Gasteiger partial charge in [0.25, 0.3) is 0 Å². The molecule has 39 heavy (non-hydrogen) atoms. The van der Waals surface area contributed by atoms with Gasteiger partial charge < -0.3 is 30.4 Å². The molecular formula is C28H25F2N3O6. The van der Waals surface area contributed by atoms with Gasteiger partial charge in [0.2, 0.25) is 0 Å². The van der Waals surface area contributed by atoms with Crippen LogP contribution in [0.4, 0.5) is 20.2 Å². The van der Waals surface area contributed by atoms with Gasteiger partial charge in [0.1, 0.15) is 31.3 Å². The Morgan fingerprint density at radius 3 is 2.13 bits per heavy atom. The zero-order valence-corrected chi connectivity index (χ0v) is 20.6. The summed E-state index contributed by atoms with van der Waals surface area (Å²) < 4.78 is 49.2. The normalized spacial score (nSPS) is 11.0. The number of anilines is 2. The number of hydrogen-bond donors (Lipinski definition) is 2. The van der Waals surface area contributed by atoms with Crippen molar-refractivity contribution in [2.45, 2.75) is 12.5 Å². The first-order valence-electron chi connectivity index (χ1n) is 11.6. The van der Waals surface area contributed by atoms with Gasteiger partial charge >= 0.3 is 18.0 Å². The lowest BCUT2D eigenvalue weighted by Crippen LogP contribution is -2.21. The van der Waals surface area contributed by atoms with Crippen LogP contribution in [-0.4, -0.2) is 31.8 Å². The number of nitrogens with two attached hydrogens (primary N) is 2. The highest BCUT2D eigenvalue weighted by molar-refractivity contribution is 5.91. The summed E-state index contributed by atoms with van der Waals surface area (Å²) in [6, 6.07) is 17.0. The van der Waals surface area contributed by atoms with Crippen LogP contribution in [0.2, 0.25) is 0 Å². The highest BCUT2D eigenvalue weighted by Gasteiger charge is 2.34. The van der Waals surface area contributed by atoms with Crippen LogP contribution in [0.25, 0.3) is 6.08 Å². The molecule has 0 amide bonds. The van der Waals surface area contributed by atoms with Gasteiger partial charge in [-0.15, -0.1) is 0 Å². The van der Waals surface area contributed by atoms with Gasteiger partial charge in [-0.05, 0) is 66.2 Å². The van der Waals surface area contributed by atoms with E-state index in [-0.39, 0.29) is 43.1 Å². The van der Waals surface area contributed by atoms with Crippen molar-refractivity contribution in [2.75, 3.05) is 31.3 Å². The minimum absolute atomic E-state index is 0.0854. The third-order valence-electron chi connectivity index (χ3n) is 4.99. The lowest BCUT2D eigenvalue weighted by molar-refractivity contribution is -0.185. The fraction of sp³-hybridized carbons (Fsp3) is 0.179. The van der Waals surface area contributed by atoms with Crippen LogP contribution in [0.15, 0.2) is 72.8 Å². The van der Waals surface area contributed by atoms with Crippen molar-refractivity contribution >= 4 is 29.4 Å². The Bertz CT molecular complexity index is 1330. The number of nitrogens with zero attached hydrogens (tertiary/aromatic N) is 1. The quantitative estimate of drug-likeness (QED) is 0.145. The predicted octanol–water partition coefficient (Wildman–Crippen LogP) is 4.69. The van der Waals surface area contributed by atoms with E-state index in [1.807, 2.05) is 6.07 Å². The summed E-state index contributed by atoms with van der Waals surface area (Å²) >= 11 is 0. The van der Waals surface area contributed by atoms with Gasteiger partial charge in [-0.3, -0.25) is 0 Å². The Kier molecular flexibility index (Phi) is 9.81. The Balaban J connectivity index is 1.44. The molecule has 0 bridgehead atoms. The standard InChI is InChI=1S/C28H25F2N3O6/c29-28(30,21-5-9-24(10-6-21)36-13-1-12-31)39-25-7-2-19(3-8-25)4-11-26(34)37-14-15-38-27(35)20-16-22(32)18-23(33)17-20/h2-11,16-18H,1,13-15,32-33H2/b11-4+. The number of benzene rings is 3. The average molecular weight is 538 g/mol. The number of alkyl halides is 2. The van der Waals surface area contributed by atoms with Crippen LogP contribution in [-0.2, 0) is 20.4 Å². The summed E-state index contributed by atoms with van der Waals surface area (Å²) in [5.41, 5.74) is 12.3. The van der Waals surface area contributed by atoms with Crippen LogP contribution in [0.3, 0.4) is 0 Å². The predicted molar refractivity (Wildman–Crippen MR) is 139 cm³/mol. The third-order valence-corrected chi connectivity index (χ3v) is 4.99. The molecule has 3 rings (SSSR count). The first-order chi connectivity index (χ1) is 18.7. The first-order valence-corrected chi connectivity index (χ1v) is 11.6. The second kappa shape index (κ2) is 13.4. The molecule has 0 heterocycles. The molecule has 202 valence electrons. The molecule has 0 saturated heterocycles. The van der Waals surface area contributed by atoms with E-state index in [1.165, 1.54) is 72.8 Å². The van der Waals surface area contributed by atoms with E-state index in [0.29, 0.717) is 22.7 Å². The molecule has 0 atom stereocenters. The zero-order chi connectivity index (χ0) is 28.3. The molecule has 0 aliphatic carbocycles. The van der Waals surface area contributed by atoms with Crippen LogP contribution in [0.5, 0.6) is 11.5 Å². The molecule has 9 nitrogen and oxygen atoms in total. The molecule has 0 aliphatic heterocycles. The number of halogens is 2. The van der Waals surface area contributed by atoms with Gasteiger partial charge in [0, 0.05) is 17.5 Å². The first kappa shape index (κ1) is 28.5. The van der Waals surface area contributed by atoms with Crippen molar-refractivity contribution in [2.24, 2.45) is 0 Å². The molecule has 3 aromatic carbocycles. The zero-order valence-electron chi connectivity index (χ0n) is 20.6. The molecular weight excluding hydrogens is 512 g/mol. The molecule has 0 fully saturated rings. The second-order valence-electron chi connectivity index (χ2n) is 7.99. The maximum absolute atomic E-state index is 14.5. The van der Waals surface area contributed by atoms with Crippen LogP contribution >= 0.6 is 0 Å². The Labute approximate surface area is 223 Å². The molecule has 0 saturated carbocycles. The molecule has 0 unspecified atom stereocenters. The fourth-order valence-electron chi connectivity index (χ4n) is 3.18. The highest BCUT2D eigenvalue weighted by Crippen LogP contribution is 2.32. The number of nitriles is 1. The Morgan fingerprint density at radius 1 is 0.872 bits per heavy atom. The maximum atomic E-state index is 14.5. The maximum Gasteiger partial charge on any atom is 0.426 e. The van der Waals surface area contributed by atoms with Gasteiger partial charge in [0.05, 0.1) is 23.6 Å². The number of hydrogen-bond acceptors (Lipinski definition) is 9. The summed E-state index contributed by atoms with van der Waals surface area (Å²) in [5, 5.41) is 8.52. The molecule has 0 spiro atoms. The van der Waals surface area contributed by atoms with Gasteiger partial charge in [0.15, 0.2) is 0 Å².